The summed E-state index contributed by atoms with van der Waals surface area (Å²) in [5.41, 5.74) is 0. The van der Waals surface area contributed by atoms with Gasteiger partial charge in [0, 0.05) is 25.4 Å². The molecule has 0 amide bonds. The van der Waals surface area contributed by atoms with Crippen molar-refractivity contribution in [1.29, 1.82) is 0 Å². The summed E-state index contributed by atoms with van der Waals surface area (Å²) in [6.45, 7) is 1.08. The number of rotatable bonds is 11. The van der Waals surface area contributed by atoms with Crippen molar-refractivity contribution < 1.29 is 9.53 Å². The number of unbranched alkanes of at least 4 members (excludes halogenated alkanes) is 7. The number of carbonyl (C=O) groups excluding carboxylic acids is 1. The first kappa shape index (κ1) is 15.7. The van der Waals surface area contributed by atoms with Crippen molar-refractivity contribution in [3.05, 3.63) is 18.7 Å². The predicted octanol–water partition coefficient (Wildman–Crippen LogP) is 3.57. The molecule has 0 saturated carbocycles. The molecule has 0 aromatic carbocycles. The molecule has 0 spiro atoms. The van der Waals surface area contributed by atoms with E-state index in [2.05, 4.69) is 14.3 Å². The van der Waals surface area contributed by atoms with Gasteiger partial charge in [0.1, 0.15) is 0 Å². The normalized spacial score (nSPS) is 10.6. The van der Waals surface area contributed by atoms with E-state index >= 15 is 0 Å². The zero-order valence-corrected chi connectivity index (χ0v) is 12.0. The molecule has 0 aliphatic heterocycles. The third-order valence-corrected chi connectivity index (χ3v) is 3.33. The number of carbonyl (C=O) groups is 1. The maximum atomic E-state index is 10.9. The molecule has 0 atom stereocenters. The van der Waals surface area contributed by atoms with E-state index in [1.807, 2.05) is 18.7 Å². The quantitative estimate of drug-likeness (QED) is 0.454. The number of ether oxygens (including phenoxy) is 1. The molecule has 0 fully saturated rings. The first-order chi connectivity index (χ1) is 9.33. The molecule has 19 heavy (non-hydrogen) atoms. The molecule has 1 aromatic heterocycles. The Kier molecular flexibility index (Phi) is 8.77. The lowest BCUT2D eigenvalue weighted by molar-refractivity contribution is -0.140. The second-order valence-electron chi connectivity index (χ2n) is 4.96. The third-order valence-electron chi connectivity index (χ3n) is 3.33. The van der Waals surface area contributed by atoms with Crippen molar-refractivity contribution in [3.63, 3.8) is 0 Å². The molecule has 0 bridgehead atoms. The molecule has 4 heteroatoms. The minimum atomic E-state index is -0.0838. The van der Waals surface area contributed by atoms with Crippen LogP contribution < -0.4 is 0 Å². The lowest BCUT2D eigenvalue weighted by Gasteiger charge is -2.03. The van der Waals surface area contributed by atoms with Crippen molar-refractivity contribution in [2.75, 3.05) is 7.11 Å². The topological polar surface area (TPSA) is 44.1 Å². The Balaban J connectivity index is 1.77. The molecule has 0 unspecified atom stereocenters. The maximum Gasteiger partial charge on any atom is 0.305 e. The maximum absolute atomic E-state index is 10.9. The van der Waals surface area contributed by atoms with Crippen LogP contribution in [-0.4, -0.2) is 22.6 Å². The molecule has 108 valence electrons. The summed E-state index contributed by atoms with van der Waals surface area (Å²) in [6, 6.07) is 0. The first-order valence-corrected chi connectivity index (χ1v) is 7.35. The van der Waals surface area contributed by atoms with Crippen LogP contribution in [0.4, 0.5) is 0 Å². The van der Waals surface area contributed by atoms with E-state index in [9.17, 15) is 4.79 Å². The molecule has 1 aromatic rings. The van der Waals surface area contributed by atoms with E-state index in [1.165, 1.54) is 45.6 Å². The highest BCUT2D eigenvalue weighted by molar-refractivity contribution is 5.68. The Bertz CT molecular complexity index is 323. The van der Waals surface area contributed by atoms with Crippen molar-refractivity contribution in [3.8, 4) is 0 Å². The summed E-state index contributed by atoms with van der Waals surface area (Å²) in [5.74, 6) is -0.0838. The summed E-state index contributed by atoms with van der Waals surface area (Å²) in [4.78, 5) is 14.9. The zero-order valence-electron chi connectivity index (χ0n) is 12.0. The summed E-state index contributed by atoms with van der Waals surface area (Å²) in [5, 5.41) is 0. The second kappa shape index (κ2) is 10.6. The number of methoxy groups -OCH3 is 1. The van der Waals surface area contributed by atoms with Gasteiger partial charge in [0.15, 0.2) is 0 Å². The summed E-state index contributed by atoms with van der Waals surface area (Å²) in [6.07, 6.45) is 16.1. The largest absolute Gasteiger partial charge is 0.469 e. The lowest BCUT2D eigenvalue weighted by atomic mass is 10.1. The monoisotopic (exact) mass is 266 g/mol. The van der Waals surface area contributed by atoms with Gasteiger partial charge in [-0.1, -0.05) is 38.5 Å². The average molecular weight is 266 g/mol. The molecule has 4 nitrogen and oxygen atoms in total. The van der Waals surface area contributed by atoms with Gasteiger partial charge >= 0.3 is 5.97 Å². The summed E-state index contributed by atoms with van der Waals surface area (Å²) < 4.78 is 6.74. The zero-order chi connectivity index (χ0) is 13.8. The Morgan fingerprint density at radius 2 is 1.68 bits per heavy atom. The van der Waals surface area contributed by atoms with Gasteiger partial charge in [-0.3, -0.25) is 4.79 Å². The van der Waals surface area contributed by atoms with E-state index in [0.717, 1.165) is 19.4 Å². The predicted molar refractivity (Wildman–Crippen MR) is 75.8 cm³/mol. The van der Waals surface area contributed by atoms with Gasteiger partial charge in [-0.05, 0) is 12.8 Å². The van der Waals surface area contributed by atoms with Crippen LogP contribution in [0.5, 0.6) is 0 Å². The molecule has 0 aliphatic carbocycles. The highest BCUT2D eigenvalue weighted by Gasteiger charge is 1.99. The summed E-state index contributed by atoms with van der Waals surface area (Å²) >= 11 is 0. The minimum Gasteiger partial charge on any atom is -0.469 e. The molecule has 0 N–H and O–H groups in total. The number of imidazole rings is 1. The smallest absolute Gasteiger partial charge is 0.305 e. The molecular formula is C15H26N2O2. The van der Waals surface area contributed by atoms with Crippen molar-refractivity contribution in [1.82, 2.24) is 9.55 Å². The summed E-state index contributed by atoms with van der Waals surface area (Å²) in [7, 11) is 1.45. The van der Waals surface area contributed by atoms with Crippen LogP contribution in [0.3, 0.4) is 0 Å². The Morgan fingerprint density at radius 3 is 2.26 bits per heavy atom. The van der Waals surface area contributed by atoms with E-state index in [-0.39, 0.29) is 5.97 Å². The average Bonchev–Trinajstić information content (AvgIpc) is 2.93. The van der Waals surface area contributed by atoms with Crippen LogP contribution in [0, 0.1) is 0 Å². The van der Waals surface area contributed by atoms with Crippen LogP contribution in [0.25, 0.3) is 0 Å². The van der Waals surface area contributed by atoms with E-state index < -0.39 is 0 Å². The number of hydrogen-bond acceptors (Lipinski definition) is 3. The fraction of sp³-hybridized carbons (Fsp3) is 0.733. The van der Waals surface area contributed by atoms with Crippen molar-refractivity contribution >= 4 is 5.97 Å². The van der Waals surface area contributed by atoms with Gasteiger partial charge in [-0.2, -0.15) is 0 Å². The van der Waals surface area contributed by atoms with Crippen LogP contribution in [-0.2, 0) is 16.1 Å². The van der Waals surface area contributed by atoms with Crippen molar-refractivity contribution in [2.45, 2.75) is 64.3 Å². The standard InChI is InChI=1S/C15H26N2O2/c1-19-15(18)10-8-6-4-2-3-5-7-9-12-17-13-11-16-14-17/h11,13-14H,2-10,12H2,1H3. The first-order valence-electron chi connectivity index (χ1n) is 7.35. The van der Waals surface area contributed by atoms with Crippen LogP contribution >= 0.6 is 0 Å². The van der Waals surface area contributed by atoms with E-state index in [0.29, 0.717) is 6.42 Å². The number of aryl methyl sites for hydroxylation is 1. The van der Waals surface area contributed by atoms with Gasteiger partial charge in [-0.15, -0.1) is 0 Å². The van der Waals surface area contributed by atoms with Gasteiger partial charge < -0.3 is 9.30 Å². The highest BCUT2D eigenvalue weighted by Crippen LogP contribution is 2.10. The van der Waals surface area contributed by atoms with Crippen LogP contribution in [0.15, 0.2) is 18.7 Å². The SMILES string of the molecule is COC(=O)CCCCCCCCCCn1ccnc1. The lowest BCUT2D eigenvalue weighted by Crippen LogP contribution is -1.99. The highest BCUT2D eigenvalue weighted by atomic mass is 16.5. The fourth-order valence-corrected chi connectivity index (χ4v) is 2.15. The number of aromatic nitrogens is 2. The molecule has 1 rings (SSSR count). The minimum absolute atomic E-state index is 0.0838. The molecule has 1 heterocycles. The van der Waals surface area contributed by atoms with Crippen LogP contribution in [0.2, 0.25) is 0 Å². The van der Waals surface area contributed by atoms with Gasteiger partial charge in [0.2, 0.25) is 0 Å². The Morgan fingerprint density at radius 1 is 1.05 bits per heavy atom. The molecule has 0 aliphatic rings. The number of hydrogen-bond donors (Lipinski definition) is 0. The van der Waals surface area contributed by atoms with E-state index in [4.69, 9.17) is 0 Å². The van der Waals surface area contributed by atoms with E-state index in [1.54, 1.807) is 0 Å². The van der Waals surface area contributed by atoms with Gasteiger partial charge in [-0.25, -0.2) is 4.98 Å². The fourth-order valence-electron chi connectivity index (χ4n) is 2.15. The Labute approximate surface area is 116 Å². The van der Waals surface area contributed by atoms with Crippen LogP contribution in [0.1, 0.15) is 57.8 Å². The third kappa shape index (κ3) is 8.41. The van der Waals surface area contributed by atoms with Gasteiger partial charge in [0.25, 0.3) is 0 Å². The molecule has 0 saturated heterocycles. The second-order valence-corrected chi connectivity index (χ2v) is 4.96. The van der Waals surface area contributed by atoms with Gasteiger partial charge in [0.05, 0.1) is 13.4 Å². The number of esters is 1. The number of nitrogens with zero attached hydrogens (tertiary/aromatic N) is 2. The molecule has 0 radical (unpaired) electrons. The van der Waals surface area contributed by atoms with Crippen molar-refractivity contribution in [2.24, 2.45) is 0 Å². The Hall–Kier alpha value is -1.32. The molecular weight excluding hydrogens is 240 g/mol.